The molecule has 0 spiro atoms. The number of hydrogen-bond donors (Lipinski definition) is 0. The number of aromatic nitrogens is 2. The van der Waals surface area contributed by atoms with E-state index in [1.54, 1.807) is 16.9 Å². The van der Waals surface area contributed by atoms with E-state index < -0.39 is 0 Å². The van der Waals surface area contributed by atoms with Crippen LogP contribution in [0, 0.1) is 0 Å². The predicted octanol–water partition coefficient (Wildman–Crippen LogP) is 0.519. The molecular weight excluding hydrogens is 279 g/mol. The van der Waals surface area contributed by atoms with Crippen LogP contribution in [0.4, 0.5) is 0 Å². The third kappa shape index (κ3) is 2.21. The van der Waals surface area contributed by atoms with Gasteiger partial charge in [0.05, 0.1) is 6.33 Å². The average Bonchev–Trinajstić information content (AvgIpc) is 1.86. The molecule has 0 amide bonds. The fourth-order valence-corrected chi connectivity index (χ4v) is 0.423. The summed E-state index contributed by atoms with van der Waals surface area (Å²) in [6, 6.07) is 0. The molecule has 38 valence electrons. The second-order valence-electron chi connectivity index (χ2n) is 1.01. The van der Waals surface area contributed by atoms with E-state index in [1.807, 2.05) is 6.20 Å². The fourth-order valence-electron chi connectivity index (χ4n) is 0.269. The van der Waals surface area contributed by atoms with E-state index in [-0.39, 0.29) is 21.1 Å². The maximum Gasteiger partial charge on any atom is 0.0974 e. The van der Waals surface area contributed by atoms with Crippen molar-refractivity contribution in [3.8, 4) is 0 Å². The summed E-state index contributed by atoms with van der Waals surface area (Å²) in [5.74, 6) is 0. The van der Waals surface area contributed by atoms with Crippen molar-refractivity contribution in [2.45, 2.75) is 0 Å². The summed E-state index contributed by atoms with van der Waals surface area (Å²) >= 11 is 0. The first-order chi connectivity index (χ1) is 2.89. The molecule has 0 saturated carbocycles. The van der Waals surface area contributed by atoms with Gasteiger partial charge in [-0.3, -0.25) is 0 Å². The SMILES string of the molecule is Pn1ccnc1.[W]. The largest absolute Gasteiger partial charge is 0.322 e. The van der Waals surface area contributed by atoms with Crippen molar-refractivity contribution in [3.05, 3.63) is 18.7 Å². The molecule has 1 unspecified atom stereocenters. The smallest absolute Gasteiger partial charge is 0.0974 e. The van der Waals surface area contributed by atoms with Crippen molar-refractivity contribution >= 4 is 9.39 Å². The monoisotopic (exact) mass is 284 g/mol. The normalized spacial score (nSPS) is 7.57. The van der Waals surface area contributed by atoms with Crippen molar-refractivity contribution in [3.63, 3.8) is 0 Å². The summed E-state index contributed by atoms with van der Waals surface area (Å²) in [5, 5.41) is 0. The third-order valence-electron chi connectivity index (χ3n) is 0.525. The Labute approximate surface area is 58.8 Å². The first-order valence-electron chi connectivity index (χ1n) is 1.62. The van der Waals surface area contributed by atoms with Crippen LogP contribution in [-0.4, -0.2) is 9.32 Å². The standard InChI is InChI=1S/C3H5N2P.W/c6-5-2-1-4-3-5;/h1-3H,6H2;. The number of rotatable bonds is 0. The van der Waals surface area contributed by atoms with Gasteiger partial charge in [0.15, 0.2) is 0 Å². The summed E-state index contributed by atoms with van der Waals surface area (Å²) in [5.41, 5.74) is 0. The number of imidazole rings is 1. The number of nitrogens with zero attached hydrogens (tertiary/aromatic N) is 2. The van der Waals surface area contributed by atoms with Crippen LogP contribution in [0.25, 0.3) is 0 Å². The molecule has 0 radical (unpaired) electrons. The van der Waals surface area contributed by atoms with Gasteiger partial charge in [-0.2, -0.15) is 0 Å². The maximum atomic E-state index is 3.76. The molecule has 0 fully saturated rings. The molecule has 0 aromatic carbocycles. The van der Waals surface area contributed by atoms with Crippen molar-refractivity contribution in [1.29, 1.82) is 0 Å². The van der Waals surface area contributed by atoms with E-state index in [4.69, 9.17) is 0 Å². The van der Waals surface area contributed by atoms with Gasteiger partial charge < -0.3 is 4.34 Å². The van der Waals surface area contributed by atoms with E-state index in [2.05, 4.69) is 14.4 Å². The Balaban J connectivity index is 0.000000360. The molecule has 0 N–H and O–H groups in total. The zero-order valence-electron chi connectivity index (χ0n) is 3.61. The Morgan fingerprint density at radius 2 is 2.29 bits per heavy atom. The quantitative estimate of drug-likeness (QED) is 0.635. The summed E-state index contributed by atoms with van der Waals surface area (Å²) in [4.78, 5) is 3.76. The molecule has 4 heteroatoms. The van der Waals surface area contributed by atoms with Gasteiger partial charge >= 0.3 is 0 Å². The molecule has 7 heavy (non-hydrogen) atoms. The van der Waals surface area contributed by atoms with E-state index in [0.717, 1.165) is 0 Å². The Morgan fingerprint density at radius 3 is 2.43 bits per heavy atom. The number of hydrogen-bond acceptors (Lipinski definition) is 1. The van der Waals surface area contributed by atoms with Gasteiger partial charge in [0.25, 0.3) is 0 Å². The van der Waals surface area contributed by atoms with E-state index in [9.17, 15) is 0 Å². The maximum absolute atomic E-state index is 3.76. The van der Waals surface area contributed by atoms with Crippen molar-refractivity contribution in [2.24, 2.45) is 0 Å². The molecule has 0 aliphatic carbocycles. The molecular formula is C3H5N2PW. The van der Waals surface area contributed by atoms with E-state index in [1.165, 1.54) is 0 Å². The fraction of sp³-hybridized carbons (Fsp3) is 0. The molecule has 1 rings (SSSR count). The summed E-state index contributed by atoms with van der Waals surface area (Å²) in [7, 11) is 2.47. The van der Waals surface area contributed by atoms with Gasteiger partial charge in [-0.05, 0) is 9.39 Å². The molecule has 0 aliphatic rings. The Hall–Kier alpha value is 0.328. The van der Waals surface area contributed by atoms with Crippen molar-refractivity contribution < 1.29 is 21.1 Å². The topological polar surface area (TPSA) is 17.8 Å². The van der Waals surface area contributed by atoms with E-state index >= 15 is 0 Å². The summed E-state index contributed by atoms with van der Waals surface area (Å²) in [6.07, 6.45) is 5.29. The minimum Gasteiger partial charge on any atom is -0.322 e. The first kappa shape index (κ1) is 7.33. The molecule has 0 aliphatic heterocycles. The Morgan fingerprint density at radius 1 is 1.57 bits per heavy atom. The van der Waals surface area contributed by atoms with Gasteiger partial charge in [-0.25, -0.2) is 4.98 Å². The minimum atomic E-state index is 0. The minimum absolute atomic E-state index is 0. The second-order valence-corrected chi connectivity index (χ2v) is 1.61. The second kappa shape index (κ2) is 3.35. The van der Waals surface area contributed by atoms with Crippen LogP contribution in [0.15, 0.2) is 18.7 Å². The first-order valence-corrected chi connectivity index (χ1v) is 2.14. The van der Waals surface area contributed by atoms with Crippen LogP contribution in [0.5, 0.6) is 0 Å². The molecule has 1 aromatic heterocycles. The van der Waals surface area contributed by atoms with E-state index in [0.29, 0.717) is 0 Å². The Bertz CT molecular complexity index is 116. The van der Waals surface area contributed by atoms with Crippen LogP contribution < -0.4 is 0 Å². The molecule has 0 bridgehead atoms. The van der Waals surface area contributed by atoms with Crippen LogP contribution in [0.1, 0.15) is 0 Å². The van der Waals surface area contributed by atoms with Gasteiger partial charge in [-0.1, -0.05) is 0 Å². The molecule has 1 atom stereocenters. The van der Waals surface area contributed by atoms with Gasteiger partial charge in [0.2, 0.25) is 0 Å². The van der Waals surface area contributed by atoms with Crippen LogP contribution in [0.3, 0.4) is 0 Å². The molecule has 2 nitrogen and oxygen atoms in total. The van der Waals surface area contributed by atoms with Crippen LogP contribution >= 0.6 is 9.39 Å². The van der Waals surface area contributed by atoms with Crippen molar-refractivity contribution in [1.82, 2.24) is 9.32 Å². The zero-order valence-corrected chi connectivity index (χ0v) is 7.70. The summed E-state index contributed by atoms with van der Waals surface area (Å²) in [6.45, 7) is 0. The third-order valence-corrected chi connectivity index (χ3v) is 0.830. The van der Waals surface area contributed by atoms with Crippen LogP contribution in [-0.2, 0) is 21.1 Å². The predicted molar refractivity (Wildman–Crippen MR) is 27.3 cm³/mol. The van der Waals surface area contributed by atoms with Crippen LogP contribution in [0.2, 0.25) is 0 Å². The molecule has 1 aromatic rings. The average molecular weight is 284 g/mol. The molecule has 1 heterocycles. The van der Waals surface area contributed by atoms with Gasteiger partial charge in [0, 0.05) is 33.5 Å². The van der Waals surface area contributed by atoms with Gasteiger partial charge in [0.1, 0.15) is 0 Å². The summed E-state index contributed by atoms with van der Waals surface area (Å²) < 4.78 is 1.81. The van der Waals surface area contributed by atoms with Gasteiger partial charge in [-0.15, -0.1) is 0 Å². The molecule has 0 saturated heterocycles. The Kier molecular flexibility index (Phi) is 3.50. The van der Waals surface area contributed by atoms with Crippen molar-refractivity contribution in [2.75, 3.05) is 0 Å². The zero-order chi connectivity index (χ0) is 4.41.